The largest absolute Gasteiger partial charge is 0.363 e. The van der Waals surface area contributed by atoms with Gasteiger partial charge in [-0.1, -0.05) is 74.7 Å². The molecule has 0 spiro atoms. The van der Waals surface area contributed by atoms with Crippen LogP contribution in [-0.4, -0.2) is 109 Å². The topological polar surface area (TPSA) is 191 Å². The summed E-state index contributed by atoms with van der Waals surface area (Å²) < 4.78 is 28.1. The quantitative estimate of drug-likeness (QED) is 0.222. The number of nitrogens with one attached hydrogen (secondary N) is 3. The van der Waals surface area contributed by atoms with Gasteiger partial charge in [0.1, 0.15) is 12.1 Å². The number of urea groups is 1. The van der Waals surface area contributed by atoms with Crippen molar-refractivity contribution >= 4 is 39.7 Å². The van der Waals surface area contributed by atoms with E-state index in [4.69, 9.17) is 5.73 Å². The van der Waals surface area contributed by atoms with Crippen molar-refractivity contribution in [3.05, 3.63) is 0 Å². The zero-order chi connectivity index (χ0) is 35.6. The molecule has 3 aliphatic rings. The normalized spacial score (nSPS) is 24.3. The van der Waals surface area contributed by atoms with Gasteiger partial charge in [0.2, 0.25) is 17.6 Å². The number of amides is 5. The number of carbonyl (C=O) groups excluding carboxylic acids is 5. The summed E-state index contributed by atoms with van der Waals surface area (Å²) in [6, 6.07) is -4.21. The minimum Gasteiger partial charge on any atom is -0.363 e. The second kappa shape index (κ2) is 14.8. The fourth-order valence-electron chi connectivity index (χ4n) is 6.33. The Kier molecular flexibility index (Phi) is 12.2. The van der Waals surface area contributed by atoms with Crippen LogP contribution in [0.2, 0.25) is 0 Å². The summed E-state index contributed by atoms with van der Waals surface area (Å²) in [4.78, 5) is 67.6. The molecule has 0 aromatic rings. The molecule has 0 aromatic heterocycles. The first-order chi connectivity index (χ1) is 21.5. The third-order valence-corrected chi connectivity index (χ3v) is 12.0. The highest BCUT2D eigenvalue weighted by atomic mass is 32.2. The SMILES string of the molecule is CC(C)[C@@H]1C[C@@H](C(=O)NC(CC2CCC2)C(=O)C(N)=O)N(C(=O)[C@@H](NC(=O)N[C@H](CN2CCN(C)S2(=O)=O)C(C)(C)C)C(C)(C)C)C1. The Labute approximate surface area is 280 Å². The standard InChI is InChI=1S/C32H57N7O7S/c1-19(2)21-16-23(28(42)34-22(25(40)27(33)41)15-20-11-10-12-20)39(17-21)29(43)26(32(6,7)8)36-30(44)35-24(31(3,4)5)18-38-14-13-37(9)47(38,45)46/h19-24,26H,10-18H2,1-9H3,(H2,33,41)(H,34,42)(H2,35,36,44)/t21-,22?,23+,24-,26-/m1/s1. The lowest BCUT2D eigenvalue weighted by Gasteiger charge is -2.38. The van der Waals surface area contributed by atoms with Gasteiger partial charge in [-0.05, 0) is 41.4 Å². The number of nitrogens with two attached hydrogens (primary N) is 1. The molecule has 0 bridgehead atoms. The van der Waals surface area contributed by atoms with E-state index in [1.54, 1.807) is 0 Å². The number of hydrogen-bond acceptors (Lipinski definition) is 7. The molecule has 14 nitrogen and oxygen atoms in total. The molecule has 1 unspecified atom stereocenters. The van der Waals surface area contributed by atoms with Crippen LogP contribution in [0.25, 0.3) is 0 Å². The van der Waals surface area contributed by atoms with Gasteiger partial charge < -0.3 is 26.6 Å². The Morgan fingerprint density at radius 2 is 1.53 bits per heavy atom. The molecule has 0 radical (unpaired) electrons. The van der Waals surface area contributed by atoms with Crippen molar-refractivity contribution in [1.29, 1.82) is 0 Å². The van der Waals surface area contributed by atoms with Crippen molar-refractivity contribution < 1.29 is 32.4 Å². The summed E-state index contributed by atoms with van der Waals surface area (Å²) in [6.45, 7) is 16.2. The maximum atomic E-state index is 14.3. The second-order valence-corrected chi connectivity index (χ2v) is 18.1. The van der Waals surface area contributed by atoms with E-state index >= 15 is 0 Å². The first kappa shape index (κ1) is 38.7. The van der Waals surface area contributed by atoms with Crippen LogP contribution in [-0.2, 0) is 29.4 Å². The van der Waals surface area contributed by atoms with Crippen LogP contribution in [0.3, 0.4) is 0 Å². The average molecular weight is 684 g/mol. The molecule has 2 heterocycles. The van der Waals surface area contributed by atoms with Gasteiger partial charge in [0.05, 0.1) is 6.04 Å². The summed E-state index contributed by atoms with van der Waals surface area (Å²) in [7, 11) is -2.11. The molecule has 0 aromatic carbocycles. The molecule has 15 heteroatoms. The number of likely N-dealkylation sites (N-methyl/N-ethyl adjacent to an activating group) is 1. The monoisotopic (exact) mass is 683 g/mol. The zero-order valence-corrected chi connectivity index (χ0v) is 30.4. The molecule has 3 fully saturated rings. The third-order valence-electron chi connectivity index (χ3n) is 10.0. The highest BCUT2D eigenvalue weighted by molar-refractivity contribution is 7.87. The minimum atomic E-state index is -3.63. The average Bonchev–Trinajstić information content (AvgIpc) is 3.48. The lowest BCUT2D eigenvalue weighted by atomic mass is 9.80. The van der Waals surface area contributed by atoms with Gasteiger partial charge in [0, 0.05) is 39.3 Å². The van der Waals surface area contributed by atoms with Crippen molar-refractivity contribution in [2.45, 2.75) is 112 Å². The molecule has 1 saturated carbocycles. The van der Waals surface area contributed by atoms with Gasteiger partial charge in [-0.25, -0.2) is 4.79 Å². The van der Waals surface area contributed by atoms with E-state index in [2.05, 4.69) is 16.0 Å². The zero-order valence-electron chi connectivity index (χ0n) is 29.6. The molecule has 5 atom stereocenters. The molecule has 5 N–H and O–H groups in total. The fraction of sp³-hybridized carbons (Fsp3) is 0.844. The van der Waals surface area contributed by atoms with Crippen LogP contribution in [0, 0.1) is 28.6 Å². The molecular formula is C32H57N7O7S. The van der Waals surface area contributed by atoms with E-state index in [1.807, 2.05) is 55.4 Å². The van der Waals surface area contributed by atoms with Crippen molar-refractivity contribution in [1.82, 2.24) is 29.5 Å². The van der Waals surface area contributed by atoms with E-state index in [-0.39, 0.29) is 30.8 Å². The van der Waals surface area contributed by atoms with Crippen LogP contribution in [0.15, 0.2) is 0 Å². The van der Waals surface area contributed by atoms with Crippen LogP contribution >= 0.6 is 0 Å². The van der Waals surface area contributed by atoms with Crippen LogP contribution in [0.1, 0.15) is 87.5 Å². The van der Waals surface area contributed by atoms with Crippen molar-refractivity contribution in [3.8, 4) is 0 Å². The number of carbonyl (C=O) groups is 5. The molecule has 268 valence electrons. The fourth-order valence-corrected chi connectivity index (χ4v) is 7.68. The molecule has 5 amide bonds. The summed E-state index contributed by atoms with van der Waals surface area (Å²) in [5.74, 6) is -2.57. The summed E-state index contributed by atoms with van der Waals surface area (Å²) in [6.07, 6.45) is 3.52. The third kappa shape index (κ3) is 9.44. The molecular weight excluding hydrogens is 626 g/mol. The molecule has 3 rings (SSSR count). The number of ketones is 1. The first-order valence-corrected chi connectivity index (χ1v) is 18.2. The van der Waals surface area contributed by atoms with Gasteiger partial charge in [-0.15, -0.1) is 0 Å². The van der Waals surface area contributed by atoms with E-state index < -0.39 is 74.7 Å². The van der Waals surface area contributed by atoms with Gasteiger partial charge in [-0.3, -0.25) is 19.2 Å². The molecule has 1 aliphatic carbocycles. The molecule has 47 heavy (non-hydrogen) atoms. The second-order valence-electron chi connectivity index (χ2n) is 16.1. The Hall–Kier alpha value is -2.78. The maximum Gasteiger partial charge on any atom is 0.315 e. The Bertz CT molecular complexity index is 1300. The van der Waals surface area contributed by atoms with Gasteiger partial charge in [-0.2, -0.15) is 17.0 Å². The predicted octanol–water partition coefficient (Wildman–Crippen LogP) is 1.21. The lowest BCUT2D eigenvalue weighted by molar-refractivity contribution is -0.143. The molecule has 2 aliphatic heterocycles. The number of hydrogen-bond donors (Lipinski definition) is 4. The Balaban J connectivity index is 1.82. The molecule has 2 saturated heterocycles. The van der Waals surface area contributed by atoms with Gasteiger partial charge >= 0.3 is 6.03 Å². The summed E-state index contributed by atoms with van der Waals surface area (Å²) in [5.41, 5.74) is 4.03. The van der Waals surface area contributed by atoms with Crippen LogP contribution < -0.4 is 21.7 Å². The lowest BCUT2D eigenvalue weighted by Crippen LogP contribution is -2.62. The van der Waals surface area contributed by atoms with E-state index in [9.17, 15) is 32.4 Å². The number of rotatable bonds is 12. The summed E-state index contributed by atoms with van der Waals surface area (Å²) >= 11 is 0. The summed E-state index contributed by atoms with van der Waals surface area (Å²) in [5, 5.41) is 8.51. The highest BCUT2D eigenvalue weighted by Gasteiger charge is 2.47. The Morgan fingerprint density at radius 3 is 1.98 bits per heavy atom. The minimum absolute atomic E-state index is 0.00752. The maximum absolute atomic E-state index is 14.3. The Morgan fingerprint density at radius 1 is 0.915 bits per heavy atom. The van der Waals surface area contributed by atoms with Crippen molar-refractivity contribution in [3.63, 3.8) is 0 Å². The highest BCUT2D eigenvalue weighted by Crippen LogP contribution is 2.34. The number of Topliss-reactive ketones (excluding diaryl/α,β-unsaturated/α-hetero) is 1. The van der Waals surface area contributed by atoms with Crippen LogP contribution in [0.5, 0.6) is 0 Å². The van der Waals surface area contributed by atoms with Crippen LogP contribution in [0.4, 0.5) is 4.79 Å². The first-order valence-electron chi connectivity index (χ1n) is 16.8. The smallest absolute Gasteiger partial charge is 0.315 e. The van der Waals surface area contributed by atoms with Crippen molar-refractivity contribution in [2.24, 2.45) is 34.3 Å². The van der Waals surface area contributed by atoms with E-state index in [0.29, 0.717) is 25.9 Å². The number of nitrogens with zero attached hydrogens (tertiary/aromatic N) is 3. The van der Waals surface area contributed by atoms with Crippen molar-refractivity contribution in [2.75, 3.05) is 33.2 Å². The van der Waals surface area contributed by atoms with E-state index in [1.165, 1.54) is 20.6 Å². The number of primary amides is 1. The van der Waals surface area contributed by atoms with Gasteiger partial charge in [0.25, 0.3) is 16.1 Å². The van der Waals surface area contributed by atoms with Gasteiger partial charge in [0.15, 0.2) is 0 Å². The predicted molar refractivity (Wildman–Crippen MR) is 178 cm³/mol. The van der Waals surface area contributed by atoms with E-state index in [0.717, 1.165) is 19.3 Å². The number of likely N-dealkylation sites (tertiary alicyclic amines) is 1.